The number of ether oxygens (including phenoxy) is 2. The highest BCUT2D eigenvalue weighted by molar-refractivity contribution is 5.99. The number of methoxy groups -OCH3 is 1. The second-order valence-electron chi connectivity index (χ2n) is 10.1. The number of anilines is 3. The summed E-state index contributed by atoms with van der Waals surface area (Å²) >= 11 is 0. The van der Waals surface area contributed by atoms with Gasteiger partial charge in [-0.1, -0.05) is 38.5 Å². The highest BCUT2D eigenvalue weighted by atomic mass is 19.1. The molecule has 0 aliphatic carbocycles. The van der Waals surface area contributed by atoms with Crippen LogP contribution >= 0.6 is 0 Å². The predicted molar refractivity (Wildman–Crippen MR) is 151 cm³/mol. The fraction of sp³-hybridized carbons (Fsp3) is 0.241. The summed E-state index contributed by atoms with van der Waals surface area (Å²) in [5, 5.41) is 12.6. The molecule has 0 fully saturated rings. The van der Waals surface area contributed by atoms with Crippen molar-refractivity contribution in [3.05, 3.63) is 83.9 Å². The molecular formula is C29H31FN6O4. The van der Waals surface area contributed by atoms with Gasteiger partial charge in [-0.25, -0.2) is 18.9 Å². The smallest absolute Gasteiger partial charge is 0.324 e. The molecule has 11 heteroatoms. The molecule has 2 aromatic heterocycles. The Hall–Kier alpha value is -4.77. The summed E-state index contributed by atoms with van der Waals surface area (Å²) in [4.78, 5) is 28.6. The Labute approximate surface area is 231 Å². The zero-order valence-corrected chi connectivity index (χ0v) is 22.9. The molecule has 10 nitrogen and oxygen atoms in total. The van der Waals surface area contributed by atoms with Crippen LogP contribution in [0.1, 0.15) is 32.0 Å². The quantitative estimate of drug-likeness (QED) is 0.248. The Bertz CT molecular complexity index is 1510. The first kappa shape index (κ1) is 28.2. The third-order valence-corrected chi connectivity index (χ3v) is 5.70. The number of aromatic nitrogens is 3. The van der Waals surface area contributed by atoms with Crippen molar-refractivity contribution in [2.75, 3.05) is 29.7 Å². The Balaban J connectivity index is 1.46. The van der Waals surface area contributed by atoms with E-state index < -0.39 is 11.8 Å². The SMILES string of the molecule is COCC(=O)Nc1cc(Oc2ccc(NC(=O)Nc3cc(C(C)(C)C)nn3-c3ccc(C)cc3)c(F)c2)ccn1. The van der Waals surface area contributed by atoms with Gasteiger partial charge >= 0.3 is 6.03 Å². The molecular weight excluding hydrogens is 515 g/mol. The first-order valence-electron chi connectivity index (χ1n) is 12.5. The lowest BCUT2D eigenvalue weighted by Crippen LogP contribution is -2.22. The average molecular weight is 547 g/mol. The van der Waals surface area contributed by atoms with Gasteiger partial charge in [0.15, 0.2) is 0 Å². The molecule has 0 aliphatic heterocycles. The highest BCUT2D eigenvalue weighted by Crippen LogP contribution is 2.28. The normalized spacial score (nSPS) is 11.2. The predicted octanol–water partition coefficient (Wildman–Crippen LogP) is 6.03. The molecule has 0 aliphatic rings. The van der Waals surface area contributed by atoms with Crippen molar-refractivity contribution in [3.63, 3.8) is 0 Å². The van der Waals surface area contributed by atoms with E-state index in [2.05, 4.69) is 20.9 Å². The van der Waals surface area contributed by atoms with Gasteiger partial charge in [0.05, 0.1) is 17.1 Å². The zero-order valence-electron chi connectivity index (χ0n) is 22.9. The minimum atomic E-state index is -0.697. The molecule has 2 aromatic carbocycles. The Morgan fingerprint density at radius 1 is 0.950 bits per heavy atom. The average Bonchev–Trinajstić information content (AvgIpc) is 3.31. The van der Waals surface area contributed by atoms with Gasteiger partial charge in [0.1, 0.15) is 35.6 Å². The van der Waals surface area contributed by atoms with Gasteiger partial charge in [-0.3, -0.25) is 10.1 Å². The van der Waals surface area contributed by atoms with E-state index in [1.807, 2.05) is 52.0 Å². The number of nitrogens with one attached hydrogen (secondary N) is 3. The van der Waals surface area contributed by atoms with Crippen LogP contribution in [-0.4, -0.2) is 40.4 Å². The van der Waals surface area contributed by atoms with Crippen LogP contribution in [0.15, 0.2) is 66.9 Å². The van der Waals surface area contributed by atoms with E-state index in [1.165, 1.54) is 31.5 Å². The third-order valence-electron chi connectivity index (χ3n) is 5.70. The molecule has 3 N–H and O–H groups in total. The standard InChI is InChI=1S/C29H31FN6O4/c1-18-6-8-19(9-7-18)36-26(16-24(35-36)29(2,3)4)34-28(38)32-23-11-10-20(14-22(23)30)40-21-12-13-31-25(15-21)33-27(37)17-39-5/h6-16H,17H2,1-5H3,(H,31,33,37)(H2,32,34,38). The van der Waals surface area contributed by atoms with Crippen LogP contribution in [0.4, 0.5) is 26.5 Å². The number of urea groups is 1. The van der Waals surface area contributed by atoms with Crippen LogP contribution in [0.3, 0.4) is 0 Å². The van der Waals surface area contributed by atoms with Crippen molar-refractivity contribution in [1.82, 2.24) is 14.8 Å². The second kappa shape index (κ2) is 12.0. The topological polar surface area (TPSA) is 119 Å². The fourth-order valence-corrected chi connectivity index (χ4v) is 3.64. The van der Waals surface area contributed by atoms with Gasteiger partial charge in [0.2, 0.25) is 0 Å². The van der Waals surface area contributed by atoms with Crippen molar-refractivity contribution in [1.29, 1.82) is 0 Å². The van der Waals surface area contributed by atoms with E-state index in [4.69, 9.17) is 14.6 Å². The number of hydrogen-bond donors (Lipinski definition) is 3. The van der Waals surface area contributed by atoms with Gasteiger partial charge in [-0.05, 0) is 37.3 Å². The number of aryl methyl sites for hydroxylation is 1. The van der Waals surface area contributed by atoms with E-state index in [0.717, 1.165) is 23.0 Å². The van der Waals surface area contributed by atoms with Gasteiger partial charge in [-0.2, -0.15) is 5.10 Å². The molecule has 0 spiro atoms. The summed E-state index contributed by atoms with van der Waals surface area (Å²) in [7, 11) is 1.41. The summed E-state index contributed by atoms with van der Waals surface area (Å²) in [6.07, 6.45) is 1.45. The number of carbonyl (C=O) groups is 2. The Morgan fingerprint density at radius 2 is 1.68 bits per heavy atom. The Morgan fingerprint density at radius 3 is 2.35 bits per heavy atom. The lowest BCUT2D eigenvalue weighted by atomic mass is 9.92. The van der Waals surface area contributed by atoms with E-state index in [0.29, 0.717) is 11.6 Å². The molecule has 4 aromatic rings. The summed E-state index contributed by atoms with van der Waals surface area (Å²) in [5.41, 5.74) is 2.37. The van der Waals surface area contributed by atoms with E-state index in [1.54, 1.807) is 16.8 Å². The maximum absolute atomic E-state index is 14.9. The molecule has 208 valence electrons. The molecule has 0 saturated heterocycles. The van der Waals surface area contributed by atoms with Crippen LogP contribution in [0.5, 0.6) is 11.5 Å². The maximum atomic E-state index is 14.9. The van der Waals surface area contributed by atoms with Crippen molar-refractivity contribution in [2.45, 2.75) is 33.1 Å². The summed E-state index contributed by atoms with van der Waals surface area (Å²) in [6.45, 7) is 7.96. The number of halogens is 1. The van der Waals surface area contributed by atoms with Crippen molar-refractivity contribution < 1.29 is 23.5 Å². The molecule has 40 heavy (non-hydrogen) atoms. The summed E-state index contributed by atoms with van der Waals surface area (Å²) < 4.78 is 27.0. The third kappa shape index (κ3) is 7.20. The van der Waals surface area contributed by atoms with Crippen molar-refractivity contribution in [3.8, 4) is 17.2 Å². The van der Waals surface area contributed by atoms with Crippen LogP contribution in [-0.2, 0) is 14.9 Å². The van der Waals surface area contributed by atoms with Gasteiger partial charge in [0, 0.05) is 36.9 Å². The Kier molecular flexibility index (Phi) is 8.44. The van der Waals surface area contributed by atoms with Gasteiger partial charge in [0.25, 0.3) is 5.91 Å². The van der Waals surface area contributed by atoms with Crippen molar-refractivity contribution in [2.24, 2.45) is 0 Å². The number of rotatable bonds is 8. The molecule has 0 saturated carbocycles. The van der Waals surface area contributed by atoms with E-state index >= 15 is 0 Å². The monoisotopic (exact) mass is 546 g/mol. The van der Waals surface area contributed by atoms with Crippen LogP contribution in [0.25, 0.3) is 5.69 Å². The minimum absolute atomic E-state index is 0.0375. The molecule has 3 amide bonds. The minimum Gasteiger partial charge on any atom is -0.457 e. The largest absolute Gasteiger partial charge is 0.457 e. The molecule has 0 radical (unpaired) electrons. The highest BCUT2D eigenvalue weighted by Gasteiger charge is 2.22. The number of nitrogens with zero attached hydrogens (tertiary/aromatic N) is 3. The number of carbonyl (C=O) groups excluding carboxylic acids is 2. The maximum Gasteiger partial charge on any atom is 0.324 e. The van der Waals surface area contributed by atoms with E-state index in [9.17, 15) is 14.0 Å². The van der Waals surface area contributed by atoms with Crippen molar-refractivity contribution >= 4 is 29.3 Å². The lowest BCUT2D eigenvalue weighted by molar-refractivity contribution is -0.119. The number of hydrogen-bond acceptors (Lipinski definition) is 6. The van der Waals surface area contributed by atoms with Gasteiger partial charge < -0.3 is 20.1 Å². The van der Waals surface area contributed by atoms with Crippen LogP contribution < -0.4 is 20.7 Å². The van der Waals surface area contributed by atoms with Gasteiger partial charge in [-0.15, -0.1) is 0 Å². The summed E-state index contributed by atoms with van der Waals surface area (Å²) in [6, 6.07) is 16.0. The fourth-order valence-electron chi connectivity index (χ4n) is 3.64. The molecule has 0 atom stereocenters. The first-order valence-corrected chi connectivity index (χ1v) is 12.5. The number of pyridine rings is 1. The molecule has 0 unspecified atom stereocenters. The van der Waals surface area contributed by atoms with Crippen LogP contribution in [0, 0.1) is 12.7 Å². The van der Waals surface area contributed by atoms with E-state index in [-0.39, 0.29) is 35.2 Å². The molecule has 0 bridgehead atoms. The zero-order chi connectivity index (χ0) is 28.9. The second-order valence-corrected chi connectivity index (χ2v) is 10.1. The number of benzene rings is 2. The number of amides is 3. The first-order chi connectivity index (χ1) is 19.0. The summed E-state index contributed by atoms with van der Waals surface area (Å²) in [5.74, 6) is 0.157. The molecule has 2 heterocycles. The van der Waals surface area contributed by atoms with Crippen LogP contribution in [0.2, 0.25) is 0 Å². The molecule has 4 rings (SSSR count). The lowest BCUT2D eigenvalue weighted by Gasteiger charge is -2.14.